The molecule has 4 nitrogen and oxygen atoms in total. The number of amides is 2. The average molecular weight is 265 g/mol. The Balaban J connectivity index is 3.88. The molecule has 0 saturated carbocycles. The van der Waals surface area contributed by atoms with Gasteiger partial charge >= 0.3 is 0 Å². The van der Waals surface area contributed by atoms with Crippen LogP contribution in [0.5, 0.6) is 0 Å². The van der Waals surface area contributed by atoms with Crippen LogP contribution in [-0.2, 0) is 9.59 Å². The fourth-order valence-electron chi connectivity index (χ4n) is 0.875. The molecule has 0 aromatic carbocycles. The maximum Gasteiger partial charge on any atom is 0.242 e. The van der Waals surface area contributed by atoms with E-state index in [1.54, 1.807) is 6.92 Å². The quantitative estimate of drug-likeness (QED) is 0.722. The van der Waals surface area contributed by atoms with Crippen molar-refractivity contribution in [2.75, 3.05) is 5.33 Å². The van der Waals surface area contributed by atoms with E-state index in [9.17, 15) is 9.59 Å². The van der Waals surface area contributed by atoms with Crippen LogP contribution >= 0.6 is 15.9 Å². The van der Waals surface area contributed by atoms with Crippen molar-refractivity contribution in [2.45, 2.75) is 39.3 Å². The summed E-state index contributed by atoms with van der Waals surface area (Å²) in [4.78, 5) is 22.5. The minimum absolute atomic E-state index is 0.0954. The number of hydrogen-bond donors (Lipinski definition) is 2. The van der Waals surface area contributed by atoms with Crippen molar-refractivity contribution in [1.82, 2.24) is 10.6 Å². The molecule has 0 aliphatic rings. The van der Waals surface area contributed by atoms with Crippen LogP contribution in [-0.4, -0.2) is 29.2 Å². The highest BCUT2D eigenvalue weighted by molar-refractivity contribution is 9.09. The van der Waals surface area contributed by atoms with E-state index < -0.39 is 6.04 Å². The van der Waals surface area contributed by atoms with E-state index in [0.717, 1.165) is 0 Å². The Bertz CT molecular complexity index is 207. The summed E-state index contributed by atoms with van der Waals surface area (Å²) >= 11 is 3.16. The van der Waals surface area contributed by atoms with Crippen molar-refractivity contribution in [2.24, 2.45) is 0 Å². The highest BCUT2D eigenvalue weighted by Gasteiger charge is 2.15. The summed E-state index contributed by atoms with van der Waals surface area (Å²) in [5.74, 6) is -0.267. The molecule has 0 aliphatic heterocycles. The molecule has 82 valence electrons. The first-order valence-corrected chi connectivity index (χ1v) is 5.75. The monoisotopic (exact) mass is 264 g/mol. The molecular weight excluding hydrogens is 248 g/mol. The molecule has 0 radical (unpaired) electrons. The van der Waals surface area contributed by atoms with Gasteiger partial charge in [0, 0.05) is 17.8 Å². The van der Waals surface area contributed by atoms with E-state index in [1.807, 2.05) is 13.8 Å². The maximum absolute atomic E-state index is 11.4. The molecule has 0 aromatic rings. The largest absolute Gasteiger partial charge is 0.352 e. The predicted octanol–water partition coefficient (Wildman–Crippen LogP) is 0.801. The van der Waals surface area contributed by atoms with E-state index in [1.165, 1.54) is 0 Å². The Labute approximate surface area is 92.9 Å². The van der Waals surface area contributed by atoms with Crippen LogP contribution in [0.25, 0.3) is 0 Å². The second-order valence-corrected chi connectivity index (χ2v) is 4.18. The van der Waals surface area contributed by atoms with E-state index in [4.69, 9.17) is 0 Å². The number of halogens is 1. The van der Waals surface area contributed by atoms with Gasteiger partial charge in [0.15, 0.2) is 0 Å². The molecule has 0 saturated heterocycles. The van der Waals surface area contributed by atoms with Gasteiger partial charge in [-0.15, -0.1) is 0 Å². The van der Waals surface area contributed by atoms with Gasteiger partial charge in [0.25, 0.3) is 0 Å². The fraction of sp³-hybridized carbons (Fsp3) is 0.778. The van der Waals surface area contributed by atoms with E-state index in [-0.39, 0.29) is 17.9 Å². The third-order valence-corrected chi connectivity index (χ3v) is 1.92. The zero-order valence-corrected chi connectivity index (χ0v) is 10.3. The van der Waals surface area contributed by atoms with Crippen LogP contribution < -0.4 is 10.6 Å². The first kappa shape index (κ1) is 13.4. The molecule has 1 unspecified atom stereocenters. The molecule has 2 amide bonds. The Morgan fingerprint density at radius 1 is 1.21 bits per heavy atom. The smallest absolute Gasteiger partial charge is 0.242 e. The minimum atomic E-state index is -0.469. The molecule has 2 N–H and O–H groups in total. The third kappa shape index (κ3) is 5.96. The van der Waals surface area contributed by atoms with Crippen molar-refractivity contribution < 1.29 is 9.59 Å². The van der Waals surface area contributed by atoms with Crippen molar-refractivity contribution in [1.29, 1.82) is 0 Å². The van der Waals surface area contributed by atoms with Crippen LogP contribution in [0.4, 0.5) is 0 Å². The van der Waals surface area contributed by atoms with Gasteiger partial charge in [0.05, 0.1) is 0 Å². The lowest BCUT2D eigenvalue weighted by Crippen LogP contribution is -2.46. The summed E-state index contributed by atoms with van der Waals surface area (Å²) in [6.07, 6.45) is 0.388. The molecule has 0 spiro atoms. The molecule has 0 aliphatic carbocycles. The van der Waals surface area contributed by atoms with E-state index in [2.05, 4.69) is 26.6 Å². The lowest BCUT2D eigenvalue weighted by molar-refractivity contribution is -0.128. The molecule has 5 heteroatoms. The summed E-state index contributed by atoms with van der Waals surface area (Å²) in [7, 11) is 0. The maximum atomic E-state index is 11.4. The van der Waals surface area contributed by atoms with Crippen LogP contribution in [0.15, 0.2) is 0 Å². The summed E-state index contributed by atoms with van der Waals surface area (Å²) in [6.45, 7) is 5.43. The predicted molar refractivity (Wildman–Crippen MR) is 59.3 cm³/mol. The van der Waals surface area contributed by atoms with Crippen molar-refractivity contribution in [3.8, 4) is 0 Å². The number of hydrogen-bond acceptors (Lipinski definition) is 2. The molecule has 0 aromatic heterocycles. The normalized spacial score (nSPS) is 12.4. The zero-order valence-electron chi connectivity index (χ0n) is 8.76. The second-order valence-electron chi connectivity index (χ2n) is 3.39. The summed E-state index contributed by atoms with van der Waals surface area (Å²) in [5, 5.41) is 5.94. The van der Waals surface area contributed by atoms with Crippen molar-refractivity contribution in [3.05, 3.63) is 0 Å². The molecular formula is C9H17BrN2O2. The second kappa shape index (κ2) is 6.81. The molecule has 0 heterocycles. The van der Waals surface area contributed by atoms with Crippen molar-refractivity contribution in [3.63, 3.8) is 0 Å². The Kier molecular flexibility index (Phi) is 6.53. The first-order valence-electron chi connectivity index (χ1n) is 4.63. The van der Waals surface area contributed by atoms with Crippen molar-refractivity contribution >= 4 is 27.7 Å². The lowest BCUT2D eigenvalue weighted by Gasteiger charge is -2.15. The van der Waals surface area contributed by atoms with Gasteiger partial charge in [-0.05, 0) is 20.8 Å². The van der Waals surface area contributed by atoms with Gasteiger partial charge in [-0.1, -0.05) is 15.9 Å². The average Bonchev–Trinajstić information content (AvgIpc) is 2.02. The van der Waals surface area contributed by atoms with Crippen LogP contribution in [0.2, 0.25) is 0 Å². The Morgan fingerprint density at radius 2 is 1.79 bits per heavy atom. The molecule has 1 atom stereocenters. The standard InChI is InChI=1S/C9H17BrN2O2/c1-6(2)11-9(14)7(3)12-8(13)4-5-10/h6-7H,4-5H2,1-3H3,(H,11,14)(H,12,13). The summed E-state index contributed by atoms with van der Waals surface area (Å²) in [5.41, 5.74) is 0. The topological polar surface area (TPSA) is 58.2 Å². The van der Waals surface area contributed by atoms with Gasteiger partial charge in [-0.25, -0.2) is 0 Å². The molecule has 0 fully saturated rings. The van der Waals surface area contributed by atoms with Gasteiger partial charge in [0.1, 0.15) is 6.04 Å². The van der Waals surface area contributed by atoms with Crippen LogP contribution in [0, 0.1) is 0 Å². The fourth-order valence-corrected chi connectivity index (χ4v) is 1.23. The van der Waals surface area contributed by atoms with E-state index in [0.29, 0.717) is 11.8 Å². The number of alkyl halides is 1. The molecule has 0 bridgehead atoms. The number of carbonyl (C=O) groups excluding carboxylic acids is 2. The minimum Gasteiger partial charge on any atom is -0.352 e. The third-order valence-electron chi connectivity index (χ3n) is 1.52. The van der Waals surface area contributed by atoms with Crippen LogP contribution in [0.1, 0.15) is 27.2 Å². The Hall–Kier alpha value is -0.580. The van der Waals surface area contributed by atoms with Crippen LogP contribution in [0.3, 0.4) is 0 Å². The lowest BCUT2D eigenvalue weighted by atomic mass is 10.2. The molecule has 0 rings (SSSR count). The number of rotatable bonds is 5. The number of carbonyl (C=O) groups is 2. The molecule has 14 heavy (non-hydrogen) atoms. The number of nitrogens with one attached hydrogen (secondary N) is 2. The SMILES string of the molecule is CC(C)NC(=O)C(C)NC(=O)CCBr. The Morgan fingerprint density at radius 3 is 2.21 bits per heavy atom. The van der Waals surface area contributed by atoms with Gasteiger partial charge in [-0.2, -0.15) is 0 Å². The van der Waals surface area contributed by atoms with Gasteiger partial charge < -0.3 is 10.6 Å². The van der Waals surface area contributed by atoms with Gasteiger partial charge in [0.2, 0.25) is 11.8 Å². The summed E-state index contributed by atoms with van der Waals surface area (Å²) < 4.78 is 0. The van der Waals surface area contributed by atoms with E-state index >= 15 is 0 Å². The first-order chi connectivity index (χ1) is 6.47. The highest BCUT2D eigenvalue weighted by Crippen LogP contribution is 1.90. The summed E-state index contributed by atoms with van der Waals surface area (Å²) in [6, 6.07) is -0.373. The zero-order chi connectivity index (χ0) is 11.1. The highest BCUT2D eigenvalue weighted by atomic mass is 79.9. The van der Waals surface area contributed by atoms with Gasteiger partial charge in [-0.3, -0.25) is 9.59 Å².